The normalized spacial score (nSPS) is 19.9. The smallest absolute Gasteiger partial charge is 0.0541 e. The van der Waals surface area contributed by atoms with Crippen molar-refractivity contribution in [2.45, 2.75) is 45.8 Å². The van der Waals surface area contributed by atoms with Crippen molar-refractivity contribution in [3.05, 3.63) is 29.8 Å². The van der Waals surface area contributed by atoms with Gasteiger partial charge in [-0.2, -0.15) is 0 Å². The molecule has 1 fully saturated rings. The van der Waals surface area contributed by atoms with E-state index < -0.39 is 0 Å². The predicted octanol–water partition coefficient (Wildman–Crippen LogP) is 2.95. The molecule has 0 aromatic heterocycles. The molecule has 1 aromatic carbocycles. The van der Waals surface area contributed by atoms with E-state index in [1.54, 1.807) is 0 Å². The lowest BCUT2D eigenvalue weighted by molar-refractivity contribution is 0.110. The molecule has 20 heavy (non-hydrogen) atoms. The zero-order valence-electron chi connectivity index (χ0n) is 13.0. The molecular weight excluding hydrogens is 248 g/mol. The highest BCUT2D eigenvalue weighted by Crippen LogP contribution is 2.26. The van der Waals surface area contributed by atoms with E-state index in [0.29, 0.717) is 12.0 Å². The summed E-state index contributed by atoms with van der Waals surface area (Å²) in [5, 5.41) is 13.1. The first-order chi connectivity index (χ1) is 9.61. The number of hydrogen-bond acceptors (Lipinski definition) is 3. The molecule has 0 amide bonds. The maximum absolute atomic E-state index is 9.66. The van der Waals surface area contributed by atoms with Crippen LogP contribution in [-0.4, -0.2) is 30.8 Å². The maximum atomic E-state index is 9.66. The van der Waals surface area contributed by atoms with E-state index in [4.69, 9.17) is 0 Å². The number of aliphatic hydroxyl groups excluding tert-OH is 1. The number of nitrogens with zero attached hydrogens (tertiary/aromatic N) is 1. The second-order valence-corrected chi connectivity index (χ2v) is 5.94. The van der Waals surface area contributed by atoms with Crippen LogP contribution in [0.3, 0.4) is 0 Å². The van der Waals surface area contributed by atoms with E-state index in [9.17, 15) is 5.11 Å². The standard InChI is InChI=1S/C17H28N2O/c1-4-18-13(2)15-5-7-17(8-6-15)19-11-9-16(10-12-19)14(3)20/h5-8,13-14,16,18,20H,4,9-12H2,1-3H3. The Kier molecular flexibility index (Phi) is 5.44. The second kappa shape index (κ2) is 7.09. The molecule has 1 aromatic rings. The first kappa shape index (κ1) is 15.3. The molecule has 0 aliphatic carbocycles. The zero-order chi connectivity index (χ0) is 14.5. The number of benzene rings is 1. The minimum absolute atomic E-state index is 0.166. The fourth-order valence-electron chi connectivity index (χ4n) is 3.04. The predicted molar refractivity (Wildman–Crippen MR) is 85.2 cm³/mol. The third-order valence-corrected chi connectivity index (χ3v) is 4.49. The number of anilines is 1. The van der Waals surface area contributed by atoms with Crippen molar-refractivity contribution in [1.82, 2.24) is 5.32 Å². The molecule has 1 aliphatic heterocycles. The van der Waals surface area contributed by atoms with Crippen LogP contribution < -0.4 is 10.2 Å². The Labute approximate surface area is 123 Å². The summed E-state index contributed by atoms with van der Waals surface area (Å²) in [7, 11) is 0. The van der Waals surface area contributed by atoms with Gasteiger partial charge in [0.2, 0.25) is 0 Å². The average Bonchev–Trinajstić information content (AvgIpc) is 2.48. The van der Waals surface area contributed by atoms with Gasteiger partial charge in [0.25, 0.3) is 0 Å². The van der Waals surface area contributed by atoms with Crippen molar-refractivity contribution >= 4 is 5.69 Å². The van der Waals surface area contributed by atoms with Crippen LogP contribution in [-0.2, 0) is 0 Å². The van der Waals surface area contributed by atoms with Crippen LogP contribution in [0.5, 0.6) is 0 Å². The van der Waals surface area contributed by atoms with E-state index >= 15 is 0 Å². The quantitative estimate of drug-likeness (QED) is 0.868. The Balaban J connectivity index is 1.94. The van der Waals surface area contributed by atoms with Gasteiger partial charge in [0.15, 0.2) is 0 Å². The molecular formula is C17H28N2O. The minimum Gasteiger partial charge on any atom is -0.393 e. The summed E-state index contributed by atoms with van der Waals surface area (Å²) in [4.78, 5) is 2.43. The maximum Gasteiger partial charge on any atom is 0.0541 e. The molecule has 2 rings (SSSR count). The summed E-state index contributed by atoms with van der Waals surface area (Å²) in [5.41, 5.74) is 2.65. The first-order valence-electron chi connectivity index (χ1n) is 7.88. The molecule has 1 heterocycles. The van der Waals surface area contributed by atoms with Crippen molar-refractivity contribution in [1.29, 1.82) is 0 Å². The molecule has 0 saturated carbocycles. The van der Waals surface area contributed by atoms with Crippen LogP contribution >= 0.6 is 0 Å². The fourth-order valence-corrected chi connectivity index (χ4v) is 3.04. The molecule has 0 radical (unpaired) electrons. The molecule has 112 valence electrons. The van der Waals surface area contributed by atoms with Gasteiger partial charge in [-0.25, -0.2) is 0 Å². The summed E-state index contributed by atoms with van der Waals surface area (Å²) in [6, 6.07) is 9.32. The largest absolute Gasteiger partial charge is 0.393 e. The second-order valence-electron chi connectivity index (χ2n) is 5.94. The van der Waals surface area contributed by atoms with Crippen molar-refractivity contribution < 1.29 is 5.11 Å². The van der Waals surface area contributed by atoms with Gasteiger partial charge in [-0.05, 0) is 56.8 Å². The SMILES string of the molecule is CCNC(C)c1ccc(N2CCC(C(C)O)CC2)cc1. The summed E-state index contributed by atoms with van der Waals surface area (Å²) in [6.45, 7) is 9.35. The number of nitrogens with one attached hydrogen (secondary N) is 1. The first-order valence-corrected chi connectivity index (χ1v) is 7.88. The highest BCUT2D eigenvalue weighted by molar-refractivity contribution is 5.48. The van der Waals surface area contributed by atoms with Gasteiger partial charge in [0, 0.05) is 24.8 Å². The number of piperidine rings is 1. The van der Waals surface area contributed by atoms with Crippen molar-refractivity contribution in [2.75, 3.05) is 24.5 Å². The van der Waals surface area contributed by atoms with Gasteiger partial charge in [0.1, 0.15) is 0 Å². The van der Waals surface area contributed by atoms with E-state index in [1.807, 2.05) is 6.92 Å². The van der Waals surface area contributed by atoms with Gasteiger partial charge in [-0.15, -0.1) is 0 Å². The number of hydrogen-bond donors (Lipinski definition) is 2. The van der Waals surface area contributed by atoms with E-state index in [1.165, 1.54) is 11.3 Å². The van der Waals surface area contributed by atoms with Crippen LogP contribution in [0.1, 0.15) is 45.2 Å². The molecule has 1 aliphatic rings. The number of aliphatic hydroxyl groups is 1. The Hall–Kier alpha value is -1.06. The highest BCUT2D eigenvalue weighted by Gasteiger charge is 2.22. The molecule has 3 nitrogen and oxygen atoms in total. The lowest BCUT2D eigenvalue weighted by atomic mass is 9.92. The molecule has 0 bridgehead atoms. The Morgan fingerprint density at radius 3 is 2.30 bits per heavy atom. The van der Waals surface area contributed by atoms with Crippen LogP contribution in [0.25, 0.3) is 0 Å². The molecule has 2 atom stereocenters. The molecule has 2 unspecified atom stereocenters. The fraction of sp³-hybridized carbons (Fsp3) is 0.647. The molecule has 0 spiro atoms. The third-order valence-electron chi connectivity index (χ3n) is 4.49. The van der Waals surface area contributed by atoms with E-state index in [0.717, 1.165) is 32.5 Å². The van der Waals surface area contributed by atoms with Crippen molar-refractivity contribution in [2.24, 2.45) is 5.92 Å². The summed E-state index contributed by atoms with van der Waals surface area (Å²) in [5.74, 6) is 0.472. The van der Waals surface area contributed by atoms with Gasteiger partial charge in [-0.3, -0.25) is 0 Å². The summed E-state index contributed by atoms with van der Waals surface area (Å²) >= 11 is 0. The minimum atomic E-state index is -0.166. The van der Waals surface area contributed by atoms with Gasteiger partial charge >= 0.3 is 0 Å². The summed E-state index contributed by atoms with van der Waals surface area (Å²) in [6.07, 6.45) is 2.01. The Morgan fingerprint density at radius 2 is 1.80 bits per heavy atom. The van der Waals surface area contributed by atoms with Gasteiger partial charge in [-0.1, -0.05) is 19.1 Å². The van der Waals surface area contributed by atoms with Crippen LogP contribution in [0.4, 0.5) is 5.69 Å². The van der Waals surface area contributed by atoms with Crippen LogP contribution in [0, 0.1) is 5.92 Å². The molecule has 3 heteroatoms. The Bertz CT molecular complexity index is 394. The zero-order valence-corrected chi connectivity index (χ0v) is 13.0. The lowest BCUT2D eigenvalue weighted by Crippen LogP contribution is -2.37. The molecule has 2 N–H and O–H groups in total. The van der Waals surface area contributed by atoms with Gasteiger partial charge in [0.05, 0.1) is 6.10 Å². The Morgan fingerprint density at radius 1 is 1.20 bits per heavy atom. The monoisotopic (exact) mass is 276 g/mol. The van der Waals surface area contributed by atoms with Crippen molar-refractivity contribution in [3.8, 4) is 0 Å². The van der Waals surface area contributed by atoms with Gasteiger partial charge < -0.3 is 15.3 Å². The number of rotatable bonds is 5. The topological polar surface area (TPSA) is 35.5 Å². The van der Waals surface area contributed by atoms with Crippen LogP contribution in [0.2, 0.25) is 0 Å². The lowest BCUT2D eigenvalue weighted by Gasteiger charge is -2.35. The highest BCUT2D eigenvalue weighted by atomic mass is 16.3. The van der Waals surface area contributed by atoms with E-state index in [-0.39, 0.29) is 6.10 Å². The average molecular weight is 276 g/mol. The molecule has 1 saturated heterocycles. The summed E-state index contributed by atoms with van der Waals surface area (Å²) < 4.78 is 0. The third kappa shape index (κ3) is 3.74. The van der Waals surface area contributed by atoms with Crippen LogP contribution in [0.15, 0.2) is 24.3 Å². The van der Waals surface area contributed by atoms with Crippen molar-refractivity contribution in [3.63, 3.8) is 0 Å². The van der Waals surface area contributed by atoms with E-state index in [2.05, 4.69) is 48.3 Å².